The van der Waals surface area contributed by atoms with E-state index in [1.807, 2.05) is 0 Å². The Morgan fingerprint density at radius 2 is 1.95 bits per heavy atom. The van der Waals surface area contributed by atoms with Gasteiger partial charge >= 0.3 is 0 Å². The van der Waals surface area contributed by atoms with Crippen molar-refractivity contribution >= 4 is 11.7 Å². The predicted octanol–water partition coefficient (Wildman–Crippen LogP) is -0.412. The maximum absolute atomic E-state index is 12.2. The summed E-state index contributed by atoms with van der Waals surface area (Å²) in [6, 6.07) is 3.17. The van der Waals surface area contributed by atoms with Crippen molar-refractivity contribution in [3.63, 3.8) is 0 Å². The Hall–Kier alpha value is -1.73. The number of nitrogens with zero attached hydrogens (tertiary/aromatic N) is 4. The Morgan fingerprint density at radius 3 is 2.45 bits per heavy atom. The first-order valence-corrected chi connectivity index (χ1v) is 6.68. The predicted molar refractivity (Wildman–Crippen MR) is 75.1 cm³/mol. The van der Waals surface area contributed by atoms with Gasteiger partial charge in [-0.05, 0) is 26.0 Å². The molecule has 0 aromatic carbocycles. The summed E-state index contributed by atoms with van der Waals surface area (Å²) < 4.78 is 0. The smallest absolute Gasteiger partial charge is 0.274 e. The van der Waals surface area contributed by atoms with Gasteiger partial charge in [0.1, 0.15) is 5.82 Å². The molecular weight excluding hydrogens is 258 g/mol. The standard InChI is InChI=1S/C13H21N5O2/c1-13(2,20)9-17-5-7-18(8-6-17)12(19)10-3-4-11(14)16-15-10/h3-4,20H,5-9H2,1-2H3,(H2,14,16). The van der Waals surface area contributed by atoms with E-state index in [0.29, 0.717) is 31.1 Å². The van der Waals surface area contributed by atoms with Crippen LogP contribution < -0.4 is 5.73 Å². The number of hydrogen-bond acceptors (Lipinski definition) is 6. The molecular formula is C13H21N5O2. The number of β-amino-alcohol motifs (C(OH)–C–C–N with tert-alkyl or cyclic N) is 1. The average molecular weight is 279 g/mol. The highest BCUT2D eigenvalue weighted by atomic mass is 16.3. The fraction of sp³-hybridized carbons (Fsp3) is 0.615. The minimum absolute atomic E-state index is 0.125. The van der Waals surface area contributed by atoms with Crippen molar-refractivity contribution in [3.05, 3.63) is 17.8 Å². The molecule has 2 rings (SSSR count). The van der Waals surface area contributed by atoms with Crippen LogP contribution in [-0.4, -0.2) is 69.3 Å². The molecule has 7 heteroatoms. The molecule has 7 nitrogen and oxygen atoms in total. The van der Waals surface area contributed by atoms with E-state index in [9.17, 15) is 9.90 Å². The normalized spacial score (nSPS) is 17.2. The van der Waals surface area contributed by atoms with Gasteiger partial charge in [-0.3, -0.25) is 9.69 Å². The van der Waals surface area contributed by atoms with E-state index < -0.39 is 5.60 Å². The molecule has 0 spiro atoms. The highest BCUT2D eigenvalue weighted by Crippen LogP contribution is 2.11. The van der Waals surface area contributed by atoms with Crippen molar-refractivity contribution in [2.45, 2.75) is 19.4 Å². The molecule has 0 unspecified atom stereocenters. The van der Waals surface area contributed by atoms with Gasteiger partial charge in [-0.1, -0.05) is 0 Å². The zero-order valence-corrected chi connectivity index (χ0v) is 11.9. The van der Waals surface area contributed by atoms with Crippen molar-refractivity contribution in [1.82, 2.24) is 20.0 Å². The van der Waals surface area contributed by atoms with Gasteiger partial charge in [0, 0.05) is 32.7 Å². The fourth-order valence-electron chi connectivity index (χ4n) is 2.27. The molecule has 1 aromatic heterocycles. The van der Waals surface area contributed by atoms with Crippen LogP contribution in [-0.2, 0) is 0 Å². The Morgan fingerprint density at radius 1 is 1.30 bits per heavy atom. The first-order chi connectivity index (χ1) is 9.35. The number of anilines is 1. The van der Waals surface area contributed by atoms with E-state index >= 15 is 0 Å². The molecule has 1 saturated heterocycles. The lowest BCUT2D eigenvalue weighted by atomic mass is 10.1. The van der Waals surface area contributed by atoms with Crippen LogP contribution in [0, 0.1) is 0 Å². The summed E-state index contributed by atoms with van der Waals surface area (Å²) in [5.74, 6) is 0.178. The minimum atomic E-state index is -0.714. The molecule has 3 N–H and O–H groups in total. The zero-order chi connectivity index (χ0) is 14.8. The number of amides is 1. The second-order valence-corrected chi connectivity index (χ2v) is 5.72. The number of aliphatic hydroxyl groups is 1. The summed E-state index contributed by atoms with van der Waals surface area (Å²) in [7, 11) is 0. The molecule has 0 radical (unpaired) electrons. The number of aromatic nitrogens is 2. The van der Waals surface area contributed by atoms with Crippen molar-refractivity contribution in [2.24, 2.45) is 0 Å². The lowest BCUT2D eigenvalue weighted by Crippen LogP contribution is -2.52. The van der Waals surface area contributed by atoms with E-state index in [1.165, 1.54) is 0 Å². The number of carbonyl (C=O) groups is 1. The van der Waals surface area contributed by atoms with Gasteiger partial charge in [0.25, 0.3) is 5.91 Å². The summed E-state index contributed by atoms with van der Waals surface area (Å²) in [6.45, 7) is 6.93. The maximum atomic E-state index is 12.2. The Balaban J connectivity index is 1.90. The number of carbonyl (C=O) groups excluding carboxylic acids is 1. The molecule has 0 atom stereocenters. The van der Waals surface area contributed by atoms with Gasteiger partial charge in [-0.2, -0.15) is 0 Å². The first-order valence-electron chi connectivity index (χ1n) is 6.68. The molecule has 0 aliphatic carbocycles. The fourth-order valence-corrected chi connectivity index (χ4v) is 2.27. The van der Waals surface area contributed by atoms with Crippen LogP contribution in [0.5, 0.6) is 0 Å². The largest absolute Gasteiger partial charge is 0.389 e. The van der Waals surface area contributed by atoms with Crippen LogP contribution in [0.25, 0.3) is 0 Å². The maximum Gasteiger partial charge on any atom is 0.274 e. The van der Waals surface area contributed by atoms with E-state index in [0.717, 1.165) is 13.1 Å². The van der Waals surface area contributed by atoms with E-state index in [2.05, 4.69) is 15.1 Å². The Kier molecular flexibility index (Phi) is 4.20. The third-order valence-electron chi connectivity index (χ3n) is 3.17. The van der Waals surface area contributed by atoms with Gasteiger partial charge in [0.05, 0.1) is 5.60 Å². The molecule has 0 bridgehead atoms. The van der Waals surface area contributed by atoms with Crippen molar-refractivity contribution in [2.75, 3.05) is 38.5 Å². The highest BCUT2D eigenvalue weighted by molar-refractivity contribution is 5.92. The summed E-state index contributed by atoms with van der Waals surface area (Å²) in [5, 5.41) is 17.3. The van der Waals surface area contributed by atoms with Crippen molar-refractivity contribution in [3.8, 4) is 0 Å². The number of nitrogens with two attached hydrogens (primary N) is 1. The van der Waals surface area contributed by atoms with Gasteiger partial charge in [-0.25, -0.2) is 0 Å². The molecule has 1 amide bonds. The van der Waals surface area contributed by atoms with E-state index in [1.54, 1.807) is 30.9 Å². The molecule has 20 heavy (non-hydrogen) atoms. The summed E-state index contributed by atoms with van der Waals surface area (Å²) in [4.78, 5) is 16.1. The SMILES string of the molecule is CC(C)(O)CN1CCN(C(=O)c2ccc(N)nn2)CC1. The highest BCUT2D eigenvalue weighted by Gasteiger charge is 2.26. The van der Waals surface area contributed by atoms with E-state index in [-0.39, 0.29) is 5.91 Å². The molecule has 0 saturated carbocycles. The Bertz CT molecular complexity index is 461. The Labute approximate surface area is 118 Å². The lowest BCUT2D eigenvalue weighted by molar-refractivity contribution is 0.0177. The van der Waals surface area contributed by atoms with Crippen LogP contribution in [0.4, 0.5) is 5.82 Å². The molecule has 2 heterocycles. The summed E-state index contributed by atoms with van der Waals surface area (Å²) in [6.07, 6.45) is 0. The monoisotopic (exact) mass is 279 g/mol. The second-order valence-electron chi connectivity index (χ2n) is 5.72. The molecule has 110 valence electrons. The van der Waals surface area contributed by atoms with Gasteiger partial charge in [0.15, 0.2) is 5.69 Å². The molecule has 1 aliphatic heterocycles. The van der Waals surface area contributed by atoms with E-state index in [4.69, 9.17) is 5.73 Å². The molecule has 1 aliphatic rings. The van der Waals surface area contributed by atoms with Gasteiger partial charge in [-0.15, -0.1) is 10.2 Å². The third kappa shape index (κ3) is 3.88. The minimum Gasteiger partial charge on any atom is -0.389 e. The van der Waals surface area contributed by atoms with Crippen molar-refractivity contribution < 1.29 is 9.90 Å². The van der Waals surface area contributed by atoms with Crippen molar-refractivity contribution in [1.29, 1.82) is 0 Å². The first kappa shape index (κ1) is 14.7. The number of hydrogen-bond donors (Lipinski definition) is 2. The van der Waals surface area contributed by atoms with Gasteiger partial charge in [0.2, 0.25) is 0 Å². The number of rotatable bonds is 3. The number of piperazine rings is 1. The average Bonchev–Trinajstić information content (AvgIpc) is 2.38. The molecule has 1 aromatic rings. The van der Waals surface area contributed by atoms with Crippen LogP contribution in [0.15, 0.2) is 12.1 Å². The molecule has 1 fully saturated rings. The topological polar surface area (TPSA) is 95.6 Å². The van der Waals surface area contributed by atoms with Crippen LogP contribution >= 0.6 is 0 Å². The van der Waals surface area contributed by atoms with Gasteiger partial charge < -0.3 is 15.7 Å². The lowest BCUT2D eigenvalue weighted by Gasteiger charge is -2.37. The van der Waals surface area contributed by atoms with Crippen LogP contribution in [0.1, 0.15) is 24.3 Å². The van der Waals surface area contributed by atoms with Crippen LogP contribution in [0.2, 0.25) is 0 Å². The summed E-state index contributed by atoms with van der Waals surface area (Å²) in [5.41, 5.74) is 5.05. The quantitative estimate of drug-likeness (QED) is 0.781. The number of nitrogen functional groups attached to an aromatic ring is 1. The summed E-state index contributed by atoms with van der Waals surface area (Å²) >= 11 is 0. The second kappa shape index (κ2) is 5.72. The van der Waals surface area contributed by atoms with Crippen LogP contribution in [0.3, 0.4) is 0 Å². The zero-order valence-electron chi connectivity index (χ0n) is 11.9. The third-order valence-corrected chi connectivity index (χ3v) is 3.17.